The maximum atomic E-state index is 12.3. The van der Waals surface area contributed by atoms with Crippen LogP contribution in [0.1, 0.15) is 16.1 Å². The molecule has 0 fully saturated rings. The van der Waals surface area contributed by atoms with Gasteiger partial charge in [0.2, 0.25) is 5.78 Å². The monoisotopic (exact) mass is 275 g/mol. The van der Waals surface area contributed by atoms with Crippen molar-refractivity contribution in [1.29, 1.82) is 0 Å². The van der Waals surface area contributed by atoms with Gasteiger partial charge in [-0.1, -0.05) is 66.7 Å². The Labute approximate surface area is 122 Å². The Morgan fingerprint density at radius 1 is 0.905 bits per heavy atom. The van der Waals surface area contributed by atoms with E-state index < -0.39 is 0 Å². The molecule has 0 saturated carbocycles. The van der Waals surface area contributed by atoms with Gasteiger partial charge in [-0.3, -0.25) is 4.79 Å². The number of hydrogen-bond acceptors (Lipinski definition) is 3. The molecule has 0 aliphatic carbocycles. The van der Waals surface area contributed by atoms with Crippen LogP contribution in [0.3, 0.4) is 0 Å². The fourth-order valence-corrected chi connectivity index (χ4v) is 2.01. The van der Waals surface area contributed by atoms with Crippen molar-refractivity contribution in [2.45, 2.75) is 0 Å². The number of ketones is 1. The van der Waals surface area contributed by atoms with E-state index >= 15 is 0 Å². The molecule has 3 aromatic rings. The average molecular weight is 275 g/mol. The van der Waals surface area contributed by atoms with Gasteiger partial charge >= 0.3 is 0 Å². The zero-order valence-corrected chi connectivity index (χ0v) is 11.2. The second-order valence-electron chi connectivity index (χ2n) is 4.50. The number of carbonyl (C=O) groups excluding carboxylic acids is 1. The molecule has 1 aromatic heterocycles. The van der Waals surface area contributed by atoms with Gasteiger partial charge in [0.1, 0.15) is 5.69 Å². The summed E-state index contributed by atoms with van der Waals surface area (Å²) in [5, 5.41) is 10.6. The Balaban J connectivity index is 1.87. The summed E-state index contributed by atoms with van der Waals surface area (Å²) in [5.74, 6) is -0.175. The minimum Gasteiger partial charge on any atom is -0.287 e. The molecule has 2 aromatic carbocycles. The van der Waals surface area contributed by atoms with Gasteiger partial charge in [0.25, 0.3) is 0 Å². The van der Waals surface area contributed by atoms with Crippen LogP contribution in [0.15, 0.2) is 66.7 Å². The van der Waals surface area contributed by atoms with Crippen LogP contribution >= 0.6 is 0 Å². The van der Waals surface area contributed by atoms with Gasteiger partial charge in [-0.25, -0.2) is 0 Å². The summed E-state index contributed by atoms with van der Waals surface area (Å²) >= 11 is 0. The summed E-state index contributed by atoms with van der Waals surface area (Å²) in [7, 11) is 0. The molecule has 0 saturated heterocycles. The number of aromatic amines is 1. The smallest absolute Gasteiger partial charge is 0.208 e. The van der Waals surface area contributed by atoms with Crippen molar-refractivity contribution in [3.63, 3.8) is 0 Å². The molecule has 4 heteroatoms. The van der Waals surface area contributed by atoms with Crippen LogP contribution in [0.25, 0.3) is 17.3 Å². The van der Waals surface area contributed by atoms with E-state index in [2.05, 4.69) is 15.4 Å². The van der Waals surface area contributed by atoms with E-state index in [-0.39, 0.29) is 5.78 Å². The van der Waals surface area contributed by atoms with Crippen molar-refractivity contribution in [1.82, 2.24) is 15.4 Å². The summed E-state index contributed by atoms with van der Waals surface area (Å²) in [5.41, 5.74) is 2.73. The highest BCUT2D eigenvalue weighted by Crippen LogP contribution is 2.19. The number of allylic oxidation sites excluding steroid dienone is 1. The third-order valence-electron chi connectivity index (χ3n) is 3.06. The molecule has 0 aliphatic rings. The molecule has 3 rings (SSSR count). The fraction of sp³-hybridized carbons (Fsp3) is 0. The van der Waals surface area contributed by atoms with Crippen molar-refractivity contribution in [2.24, 2.45) is 0 Å². The number of nitrogens with zero attached hydrogens (tertiary/aromatic N) is 2. The third kappa shape index (κ3) is 2.95. The summed E-state index contributed by atoms with van der Waals surface area (Å²) in [6.07, 6.45) is 3.28. The molecular formula is C17H13N3O. The lowest BCUT2D eigenvalue weighted by Gasteiger charge is -1.97. The van der Waals surface area contributed by atoms with Crippen LogP contribution in [0, 0.1) is 0 Å². The molecule has 1 heterocycles. The second-order valence-corrected chi connectivity index (χ2v) is 4.50. The van der Waals surface area contributed by atoms with Crippen molar-refractivity contribution < 1.29 is 4.79 Å². The summed E-state index contributed by atoms with van der Waals surface area (Å²) in [6.45, 7) is 0. The quantitative estimate of drug-likeness (QED) is 0.586. The summed E-state index contributed by atoms with van der Waals surface area (Å²) in [4.78, 5) is 12.3. The lowest BCUT2D eigenvalue weighted by atomic mass is 10.1. The van der Waals surface area contributed by atoms with Crippen molar-refractivity contribution in [3.8, 4) is 11.3 Å². The Morgan fingerprint density at radius 2 is 1.57 bits per heavy atom. The first kappa shape index (κ1) is 13.0. The summed E-state index contributed by atoms with van der Waals surface area (Å²) in [6, 6.07) is 19.2. The molecule has 0 radical (unpaired) electrons. The number of hydrogen-bond donors (Lipinski definition) is 1. The number of carbonyl (C=O) groups is 1. The number of nitrogens with one attached hydrogen (secondary N) is 1. The van der Waals surface area contributed by atoms with Crippen LogP contribution in [0.2, 0.25) is 0 Å². The average Bonchev–Trinajstić information content (AvgIpc) is 3.04. The molecule has 102 valence electrons. The second kappa shape index (κ2) is 5.96. The van der Waals surface area contributed by atoms with E-state index in [0.717, 1.165) is 11.1 Å². The van der Waals surface area contributed by atoms with Crippen molar-refractivity contribution >= 4 is 11.9 Å². The van der Waals surface area contributed by atoms with Crippen LogP contribution in [-0.2, 0) is 0 Å². The van der Waals surface area contributed by atoms with E-state index in [0.29, 0.717) is 11.4 Å². The van der Waals surface area contributed by atoms with Crippen LogP contribution in [0.4, 0.5) is 0 Å². The highest BCUT2D eigenvalue weighted by molar-refractivity contribution is 6.08. The maximum absolute atomic E-state index is 12.3. The maximum Gasteiger partial charge on any atom is 0.208 e. The SMILES string of the molecule is O=C(/C=C/c1ccccc1)c1n[nH]nc1-c1ccccc1. The van der Waals surface area contributed by atoms with Crippen molar-refractivity contribution in [2.75, 3.05) is 0 Å². The number of aromatic nitrogens is 3. The topological polar surface area (TPSA) is 58.6 Å². The van der Waals surface area contributed by atoms with Gasteiger partial charge in [0.05, 0.1) is 0 Å². The van der Waals surface area contributed by atoms with Crippen LogP contribution in [-0.4, -0.2) is 21.2 Å². The van der Waals surface area contributed by atoms with E-state index in [9.17, 15) is 4.79 Å². The standard InChI is InChI=1S/C17H13N3O/c21-15(12-11-13-7-3-1-4-8-13)17-16(18-20-19-17)14-9-5-2-6-10-14/h1-12H,(H,18,19,20)/b12-11+. The Hall–Kier alpha value is -3.01. The van der Waals surface area contributed by atoms with E-state index in [4.69, 9.17) is 0 Å². The molecule has 21 heavy (non-hydrogen) atoms. The van der Waals surface area contributed by atoms with E-state index in [1.165, 1.54) is 6.08 Å². The van der Waals surface area contributed by atoms with Gasteiger partial charge < -0.3 is 0 Å². The van der Waals surface area contributed by atoms with Gasteiger partial charge in [-0.05, 0) is 11.6 Å². The molecule has 4 nitrogen and oxygen atoms in total. The van der Waals surface area contributed by atoms with E-state index in [1.807, 2.05) is 60.7 Å². The number of benzene rings is 2. The molecule has 0 aliphatic heterocycles. The highest BCUT2D eigenvalue weighted by Gasteiger charge is 2.15. The predicted octanol–water partition coefficient (Wildman–Crippen LogP) is 3.37. The van der Waals surface area contributed by atoms with Gasteiger partial charge in [0, 0.05) is 5.56 Å². The number of rotatable bonds is 4. The number of H-pyrrole nitrogens is 1. The molecule has 0 spiro atoms. The molecule has 0 amide bonds. The fourth-order valence-electron chi connectivity index (χ4n) is 2.01. The largest absolute Gasteiger partial charge is 0.287 e. The first-order valence-corrected chi connectivity index (χ1v) is 6.58. The predicted molar refractivity (Wildman–Crippen MR) is 81.6 cm³/mol. The molecular weight excluding hydrogens is 262 g/mol. The third-order valence-corrected chi connectivity index (χ3v) is 3.06. The van der Waals surface area contributed by atoms with Gasteiger partial charge in [-0.15, -0.1) is 0 Å². The lowest BCUT2D eigenvalue weighted by Crippen LogP contribution is -1.97. The molecule has 0 bridgehead atoms. The minimum absolute atomic E-state index is 0.175. The first-order valence-electron chi connectivity index (χ1n) is 6.58. The lowest BCUT2D eigenvalue weighted by molar-refractivity contribution is 0.104. The van der Waals surface area contributed by atoms with Crippen LogP contribution < -0.4 is 0 Å². The molecule has 0 unspecified atom stereocenters. The Kier molecular flexibility index (Phi) is 3.69. The van der Waals surface area contributed by atoms with Gasteiger partial charge in [-0.2, -0.15) is 15.4 Å². The molecule has 1 N–H and O–H groups in total. The summed E-state index contributed by atoms with van der Waals surface area (Å²) < 4.78 is 0. The first-order chi connectivity index (χ1) is 10.3. The van der Waals surface area contributed by atoms with Crippen molar-refractivity contribution in [3.05, 3.63) is 78.0 Å². The zero-order chi connectivity index (χ0) is 14.5. The van der Waals surface area contributed by atoms with E-state index in [1.54, 1.807) is 6.08 Å². The zero-order valence-electron chi connectivity index (χ0n) is 11.2. The Bertz CT molecular complexity index is 761. The molecule has 0 atom stereocenters. The normalized spacial score (nSPS) is 10.9. The highest BCUT2D eigenvalue weighted by atomic mass is 16.1. The Morgan fingerprint density at radius 3 is 2.29 bits per heavy atom. The van der Waals surface area contributed by atoms with Crippen LogP contribution in [0.5, 0.6) is 0 Å². The van der Waals surface area contributed by atoms with Gasteiger partial charge in [0.15, 0.2) is 5.69 Å². The minimum atomic E-state index is -0.175.